The Kier molecular flexibility index (Phi) is 6.95. The van der Waals surface area contributed by atoms with Crippen LogP contribution in [0.4, 0.5) is 0 Å². The van der Waals surface area contributed by atoms with Crippen LogP contribution < -0.4 is 10.7 Å². The van der Waals surface area contributed by atoms with Gasteiger partial charge in [0.25, 0.3) is 5.91 Å². The van der Waals surface area contributed by atoms with Crippen LogP contribution in [0.2, 0.25) is 0 Å². The lowest BCUT2D eigenvalue weighted by molar-refractivity contribution is -0.122. The smallest absolute Gasteiger partial charge is 0.278 e. The Hall–Kier alpha value is -3.78. The van der Waals surface area contributed by atoms with Crippen molar-refractivity contribution >= 4 is 11.8 Å². The van der Waals surface area contributed by atoms with Crippen LogP contribution >= 0.6 is 0 Å². The number of nitrogens with zero attached hydrogens (tertiary/aromatic N) is 4. The van der Waals surface area contributed by atoms with E-state index in [9.17, 15) is 14.4 Å². The van der Waals surface area contributed by atoms with E-state index in [1.54, 1.807) is 16.5 Å². The molecule has 1 aliphatic rings. The summed E-state index contributed by atoms with van der Waals surface area (Å²) < 4.78 is 1.61. The van der Waals surface area contributed by atoms with E-state index in [-0.39, 0.29) is 29.5 Å². The van der Waals surface area contributed by atoms with Crippen molar-refractivity contribution in [2.75, 3.05) is 32.7 Å². The molecular formula is C25H27N5O3. The predicted molar refractivity (Wildman–Crippen MR) is 125 cm³/mol. The van der Waals surface area contributed by atoms with Crippen LogP contribution in [0.1, 0.15) is 21.7 Å². The van der Waals surface area contributed by atoms with Gasteiger partial charge in [-0.3, -0.25) is 19.3 Å². The van der Waals surface area contributed by atoms with Crippen LogP contribution in [-0.4, -0.2) is 64.1 Å². The van der Waals surface area contributed by atoms with E-state index in [4.69, 9.17) is 0 Å². The Morgan fingerprint density at radius 1 is 0.939 bits per heavy atom. The fraction of sp³-hybridized carbons (Fsp3) is 0.280. The average Bonchev–Trinajstić information content (AvgIpc) is 2.84. The molecule has 2 heterocycles. The van der Waals surface area contributed by atoms with Crippen molar-refractivity contribution in [3.8, 4) is 5.69 Å². The number of aromatic nitrogens is 2. The van der Waals surface area contributed by atoms with Gasteiger partial charge in [0, 0.05) is 44.5 Å². The fourth-order valence-electron chi connectivity index (χ4n) is 3.84. The zero-order chi connectivity index (χ0) is 23.2. The van der Waals surface area contributed by atoms with Crippen molar-refractivity contribution in [3.05, 3.63) is 93.9 Å². The van der Waals surface area contributed by atoms with Gasteiger partial charge in [-0.05, 0) is 24.6 Å². The minimum Gasteiger partial charge on any atom is -0.351 e. The first-order valence-corrected chi connectivity index (χ1v) is 11.0. The highest BCUT2D eigenvalue weighted by Crippen LogP contribution is 2.10. The number of hydrogen-bond donors (Lipinski definition) is 1. The summed E-state index contributed by atoms with van der Waals surface area (Å²) in [5.74, 6) is -0.428. The normalized spacial score (nSPS) is 14.2. The standard InChI is InChI=1S/C25H27N5O3/c1-19-16-22(31)24(27-30(19)21-10-6-3-7-11-21)25(33)29-14-12-28(13-15-29)18-23(32)26-17-20-8-4-2-5-9-20/h2-11,16H,12-15,17-18H2,1H3,(H,26,32). The molecule has 8 heteroatoms. The molecule has 1 N–H and O–H groups in total. The highest BCUT2D eigenvalue weighted by atomic mass is 16.2. The molecule has 1 aliphatic heterocycles. The SMILES string of the molecule is Cc1cc(=O)c(C(=O)N2CCN(CC(=O)NCc3ccccc3)CC2)nn1-c1ccccc1. The third-order valence-corrected chi connectivity index (χ3v) is 5.67. The topological polar surface area (TPSA) is 87.5 Å². The molecule has 0 saturated carbocycles. The van der Waals surface area contributed by atoms with Crippen LogP contribution in [0.5, 0.6) is 0 Å². The maximum atomic E-state index is 13.1. The van der Waals surface area contributed by atoms with Gasteiger partial charge in [-0.2, -0.15) is 5.10 Å². The zero-order valence-corrected chi connectivity index (χ0v) is 18.6. The van der Waals surface area contributed by atoms with E-state index >= 15 is 0 Å². The molecule has 0 spiro atoms. The Labute approximate surface area is 192 Å². The van der Waals surface area contributed by atoms with Crippen molar-refractivity contribution in [3.63, 3.8) is 0 Å². The molecule has 1 fully saturated rings. The van der Waals surface area contributed by atoms with E-state index in [0.717, 1.165) is 11.3 Å². The van der Waals surface area contributed by atoms with Gasteiger partial charge in [0.15, 0.2) is 5.69 Å². The van der Waals surface area contributed by atoms with Crippen LogP contribution in [-0.2, 0) is 11.3 Å². The number of para-hydroxylation sites is 1. The lowest BCUT2D eigenvalue weighted by Gasteiger charge is -2.34. The summed E-state index contributed by atoms with van der Waals surface area (Å²) in [7, 11) is 0. The first kappa shape index (κ1) is 22.4. The fourth-order valence-corrected chi connectivity index (χ4v) is 3.84. The molecule has 0 aliphatic carbocycles. The van der Waals surface area contributed by atoms with E-state index in [1.165, 1.54) is 6.07 Å². The van der Waals surface area contributed by atoms with Gasteiger partial charge in [-0.1, -0.05) is 48.5 Å². The highest BCUT2D eigenvalue weighted by Gasteiger charge is 2.26. The summed E-state index contributed by atoms with van der Waals surface area (Å²) in [6.07, 6.45) is 0. The minimum atomic E-state index is -0.382. The lowest BCUT2D eigenvalue weighted by Crippen LogP contribution is -2.51. The van der Waals surface area contributed by atoms with Crippen molar-refractivity contribution in [1.82, 2.24) is 24.9 Å². The molecular weight excluding hydrogens is 418 g/mol. The number of benzene rings is 2. The van der Waals surface area contributed by atoms with Crippen molar-refractivity contribution in [2.45, 2.75) is 13.5 Å². The first-order chi connectivity index (χ1) is 16.0. The number of amides is 2. The Balaban J connectivity index is 1.35. The number of carbonyl (C=O) groups excluding carboxylic acids is 2. The quantitative estimate of drug-likeness (QED) is 0.623. The maximum absolute atomic E-state index is 13.1. The van der Waals surface area contributed by atoms with E-state index in [0.29, 0.717) is 38.4 Å². The second-order valence-electron chi connectivity index (χ2n) is 8.08. The van der Waals surface area contributed by atoms with E-state index < -0.39 is 0 Å². The predicted octanol–water partition coefficient (Wildman–Crippen LogP) is 1.62. The average molecular weight is 446 g/mol. The first-order valence-electron chi connectivity index (χ1n) is 11.0. The monoisotopic (exact) mass is 445 g/mol. The van der Waals surface area contributed by atoms with E-state index in [1.807, 2.05) is 65.6 Å². The van der Waals surface area contributed by atoms with Crippen LogP contribution in [0.15, 0.2) is 71.5 Å². The van der Waals surface area contributed by atoms with Crippen LogP contribution in [0.3, 0.4) is 0 Å². The molecule has 170 valence electrons. The molecule has 33 heavy (non-hydrogen) atoms. The zero-order valence-electron chi connectivity index (χ0n) is 18.6. The number of hydrogen-bond acceptors (Lipinski definition) is 5. The summed E-state index contributed by atoms with van der Waals surface area (Å²) in [4.78, 5) is 41.5. The Morgan fingerprint density at radius 2 is 1.58 bits per heavy atom. The molecule has 0 radical (unpaired) electrons. The molecule has 8 nitrogen and oxygen atoms in total. The highest BCUT2D eigenvalue weighted by molar-refractivity contribution is 5.92. The van der Waals surface area contributed by atoms with Crippen molar-refractivity contribution < 1.29 is 9.59 Å². The summed E-state index contributed by atoms with van der Waals surface area (Å²) >= 11 is 0. The Bertz CT molecular complexity index is 1170. The number of piperazine rings is 1. The molecule has 1 aromatic heterocycles. The summed E-state index contributed by atoms with van der Waals surface area (Å²) in [6, 6.07) is 20.6. The number of nitrogens with one attached hydrogen (secondary N) is 1. The second-order valence-corrected chi connectivity index (χ2v) is 8.08. The molecule has 1 saturated heterocycles. The Morgan fingerprint density at radius 3 is 2.24 bits per heavy atom. The lowest BCUT2D eigenvalue weighted by atomic mass is 10.2. The summed E-state index contributed by atoms with van der Waals surface area (Å²) in [5, 5.41) is 7.30. The third-order valence-electron chi connectivity index (χ3n) is 5.67. The van der Waals surface area contributed by atoms with Crippen LogP contribution in [0, 0.1) is 6.92 Å². The van der Waals surface area contributed by atoms with Gasteiger partial charge in [0.2, 0.25) is 11.3 Å². The van der Waals surface area contributed by atoms with Crippen LogP contribution in [0.25, 0.3) is 5.69 Å². The third kappa shape index (κ3) is 5.53. The van der Waals surface area contributed by atoms with Crippen molar-refractivity contribution in [1.29, 1.82) is 0 Å². The van der Waals surface area contributed by atoms with Gasteiger partial charge in [-0.25, -0.2) is 4.68 Å². The van der Waals surface area contributed by atoms with E-state index in [2.05, 4.69) is 10.4 Å². The van der Waals surface area contributed by atoms with Gasteiger partial charge in [0.1, 0.15) is 0 Å². The van der Waals surface area contributed by atoms with Gasteiger partial charge < -0.3 is 10.2 Å². The minimum absolute atomic E-state index is 0.0513. The van der Waals surface area contributed by atoms with Crippen molar-refractivity contribution in [2.24, 2.45) is 0 Å². The number of carbonyl (C=O) groups is 2. The molecule has 0 atom stereocenters. The number of rotatable bonds is 6. The molecule has 2 aromatic carbocycles. The second kappa shape index (κ2) is 10.2. The van der Waals surface area contributed by atoms with Gasteiger partial charge in [-0.15, -0.1) is 0 Å². The summed E-state index contributed by atoms with van der Waals surface area (Å²) in [5.41, 5.74) is 2.03. The number of aryl methyl sites for hydroxylation is 1. The van der Waals surface area contributed by atoms with Gasteiger partial charge >= 0.3 is 0 Å². The molecule has 3 aromatic rings. The molecule has 0 unspecified atom stereocenters. The largest absolute Gasteiger partial charge is 0.351 e. The maximum Gasteiger partial charge on any atom is 0.278 e. The molecule has 4 rings (SSSR count). The van der Waals surface area contributed by atoms with Gasteiger partial charge in [0.05, 0.1) is 12.2 Å². The molecule has 0 bridgehead atoms. The molecule has 2 amide bonds. The summed E-state index contributed by atoms with van der Waals surface area (Å²) in [6.45, 7) is 4.55.